The van der Waals surface area contributed by atoms with Crippen molar-refractivity contribution in [2.75, 3.05) is 12.3 Å². The predicted octanol–water partition coefficient (Wildman–Crippen LogP) is -0.342. The van der Waals surface area contributed by atoms with Gasteiger partial charge in [-0.05, 0) is 31.6 Å². The normalized spacial score (nSPS) is 40.9. The molecule has 3 fully saturated rings. The smallest absolute Gasteiger partial charge is 0.244 e. The lowest BCUT2D eigenvalue weighted by Crippen LogP contribution is -2.54. The van der Waals surface area contributed by atoms with Crippen LogP contribution < -0.4 is 11.1 Å². The molecular weight excluding hydrogens is 238 g/mol. The lowest BCUT2D eigenvalue weighted by atomic mass is 9.96. The summed E-state index contributed by atoms with van der Waals surface area (Å²) in [5.74, 6) is 0.646. The molecule has 3 saturated heterocycles. The van der Waals surface area contributed by atoms with Crippen LogP contribution in [0.5, 0.6) is 0 Å². The van der Waals surface area contributed by atoms with Crippen molar-refractivity contribution in [3.05, 3.63) is 0 Å². The number of nitrogens with two attached hydrogens (primary N) is 1. The van der Waals surface area contributed by atoms with E-state index in [9.17, 15) is 9.59 Å². The van der Waals surface area contributed by atoms with Gasteiger partial charge in [-0.15, -0.1) is 11.8 Å². The van der Waals surface area contributed by atoms with Gasteiger partial charge in [0.2, 0.25) is 11.8 Å². The highest BCUT2D eigenvalue weighted by Gasteiger charge is 2.56. The molecule has 5 nitrogen and oxygen atoms in total. The van der Waals surface area contributed by atoms with Crippen molar-refractivity contribution in [1.29, 1.82) is 0 Å². The Labute approximate surface area is 104 Å². The van der Waals surface area contributed by atoms with E-state index in [4.69, 9.17) is 5.73 Å². The molecule has 3 N–H and O–H groups in total. The molecule has 0 bridgehead atoms. The van der Waals surface area contributed by atoms with E-state index in [1.165, 1.54) is 0 Å². The van der Waals surface area contributed by atoms with Gasteiger partial charge >= 0.3 is 0 Å². The highest BCUT2D eigenvalue weighted by molar-refractivity contribution is 7.99. The molecule has 3 aliphatic heterocycles. The van der Waals surface area contributed by atoms with Gasteiger partial charge in [-0.1, -0.05) is 0 Å². The molecule has 3 heterocycles. The fourth-order valence-corrected chi connectivity index (χ4v) is 4.68. The van der Waals surface area contributed by atoms with Crippen LogP contribution in [0.25, 0.3) is 0 Å². The van der Waals surface area contributed by atoms with Crippen LogP contribution >= 0.6 is 11.8 Å². The third-order valence-electron chi connectivity index (χ3n) is 4.09. The van der Waals surface area contributed by atoms with E-state index in [0.29, 0.717) is 6.42 Å². The fourth-order valence-electron chi connectivity index (χ4n) is 3.24. The monoisotopic (exact) mass is 255 g/mol. The zero-order valence-electron chi connectivity index (χ0n) is 9.65. The topological polar surface area (TPSA) is 75.4 Å². The summed E-state index contributed by atoms with van der Waals surface area (Å²) in [6.07, 6.45) is 3.45. The van der Waals surface area contributed by atoms with Crippen LogP contribution in [0.3, 0.4) is 0 Å². The third kappa shape index (κ3) is 1.57. The maximum absolute atomic E-state index is 12.5. The van der Waals surface area contributed by atoms with Gasteiger partial charge in [0.15, 0.2) is 0 Å². The molecule has 2 amide bonds. The molecule has 3 aliphatic rings. The van der Waals surface area contributed by atoms with Gasteiger partial charge < -0.3 is 16.0 Å². The Kier molecular flexibility index (Phi) is 2.59. The zero-order valence-corrected chi connectivity index (χ0v) is 10.5. The maximum Gasteiger partial charge on any atom is 0.244 e. The van der Waals surface area contributed by atoms with Gasteiger partial charge in [0.05, 0.1) is 5.37 Å². The van der Waals surface area contributed by atoms with Crippen LogP contribution in [0.4, 0.5) is 0 Å². The Morgan fingerprint density at radius 3 is 3.06 bits per heavy atom. The first-order valence-electron chi connectivity index (χ1n) is 6.13. The van der Waals surface area contributed by atoms with E-state index in [1.54, 1.807) is 16.7 Å². The molecule has 0 aliphatic carbocycles. The van der Waals surface area contributed by atoms with Crippen molar-refractivity contribution in [3.8, 4) is 0 Å². The van der Waals surface area contributed by atoms with Gasteiger partial charge in [-0.2, -0.15) is 0 Å². The second-order valence-electron chi connectivity index (χ2n) is 5.06. The van der Waals surface area contributed by atoms with Crippen LogP contribution in [0.15, 0.2) is 0 Å². The first-order valence-corrected chi connectivity index (χ1v) is 7.18. The lowest BCUT2D eigenvalue weighted by Gasteiger charge is -2.35. The van der Waals surface area contributed by atoms with E-state index >= 15 is 0 Å². The molecule has 94 valence electrons. The minimum atomic E-state index is -0.393. The SMILES string of the molecule is NC(=O)C1CCSC2CC3(CCCN3)C(=O)N21. The Bertz CT molecular complexity index is 368. The highest BCUT2D eigenvalue weighted by atomic mass is 32.2. The summed E-state index contributed by atoms with van der Waals surface area (Å²) >= 11 is 1.78. The molecule has 3 unspecified atom stereocenters. The fraction of sp³-hybridized carbons (Fsp3) is 0.818. The molecule has 6 heteroatoms. The Morgan fingerprint density at radius 2 is 2.41 bits per heavy atom. The number of nitrogens with one attached hydrogen (secondary N) is 1. The quantitative estimate of drug-likeness (QED) is 0.672. The molecule has 0 aromatic heterocycles. The lowest BCUT2D eigenvalue weighted by molar-refractivity contribution is -0.140. The van der Waals surface area contributed by atoms with Gasteiger partial charge in [0, 0.05) is 6.42 Å². The largest absolute Gasteiger partial charge is 0.368 e. The van der Waals surface area contributed by atoms with Crippen LogP contribution in [-0.4, -0.2) is 46.0 Å². The minimum Gasteiger partial charge on any atom is -0.368 e. The van der Waals surface area contributed by atoms with E-state index in [0.717, 1.165) is 31.6 Å². The van der Waals surface area contributed by atoms with E-state index in [1.807, 2.05) is 0 Å². The first kappa shape index (κ1) is 11.3. The Hall–Kier alpha value is -0.750. The number of hydrogen-bond donors (Lipinski definition) is 2. The minimum absolute atomic E-state index is 0.0935. The van der Waals surface area contributed by atoms with Crippen LogP contribution in [0.2, 0.25) is 0 Å². The van der Waals surface area contributed by atoms with Crippen molar-refractivity contribution in [2.45, 2.75) is 42.6 Å². The number of carbonyl (C=O) groups excluding carboxylic acids is 2. The molecule has 0 saturated carbocycles. The summed E-state index contributed by atoms with van der Waals surface area (Å²) < 4.78 is 0. The molecule has 1 spiro atoms. The number of thioether (sulfide) groups is 1. The molecule has 0 aromatic rings. The van der Waals surface area contributed by atoms with Crippen LogP contribution in [-0.2, 0) is 9.59 Å². The average molecular weight is 255 g/mol. The van der Waals surface area contributed by atoms with Gasteiger partial charge in [0.1, 0.15) is 11.6 Å². The van der Waals surface area contributed by atoms with Gasteiger partial charge in [-0.3, -0.25) is 9.59 Å². The number of hydrogen-bond acceptors (Lipinski definition) is 4. The molecule has 0 radical (unpaired) electrons. The summed E-state index contributed by atoms with van der Waals surface area (Å²) in [5.41, 5.74) is 5.02. The van der Waals surface area contributed by atoms with Crippen molar-refractivity contribution < 1.29 is 9.59 Å². The predicted molar refractivity (Wildman–Crippen MR) is 65.3 cm³/mol. The van der Waals surface area contributed by atoms with Crippen molar-refractivity contribution in [2.24, 2.45) is 5.73 Å². The molecule has 3 rings (SSSR count). The number of nitrogens with zero attached hydrogens (tertiary/aromatic N) is 1. The van der Waals surface area contributed by atoms with Crippen molar-refractivity contribution >= 4 is 23.6 Å². The molecule has 0 aromatic carbocycles. The van der Waals surface area contributed by atoms with E-state index < -0.39 is 11.6 Å². The summed E-state index contributed by atoms with van der Waals surface area (Å²) in [6.45, 7) is 0.901. The Balaban J connectivity index is 1.90. The van der Waals surface area contributed by atoms with E-state index in [2.05, 4.69) is 5.32 Å². The second-order valence-corrected chi connectivity index (χ2v) is 6.35. The average Bonchev–Trinajstić information content (AvgIpc) is 2.87. The van der Waals surface area contributed by atoms with Crippen LogP contribution in [0.1, 0.15) is 25.7 Å². The molecule has 17 heavy (non-hydrogen) atoms. The highest BCUT2D eigenvalue weighted by Crippen LogP contribution is 2.43. The number of amides is 2. The molecular formula is C11H17N3O2S. The first-order chi connectivity index (χ1) is 8.14. The van der Waals surface area contributed by atoms with Crippen molar-refractivity contribution in [3.63, 3.8) is 0 Å². The molecule has 3 atom stereocenters. The standard InChI is InChI=1S/C11H17N3O2S/c12-9(15)7-2-5-17-8-6-11(3-1-4-13-11)10(16)14(7)8/h7-8,13H,1-6H2,(H2,12,15). The summed E-state index contributed by atoms with van der Waals surface area (Å²) in [4.78, 5) is 25.7. The van der Waals surface area contributed by atoms with Gasteiger partial charge in [0.25, 0.3) is 0 Å². The number of rotatable bonds is 1. The number of primary amides is 1. The van der Waals surface area contributed by atoms with Crippen LogP contribution in [0, 0.1) is 0 Å². The Morgan fingerprint density at radius 1 is 1.59 bits per heavy atom. The zero-order chi connectivity index (χ0) is 12.0. The van der Waals surface area contributed by atoms with E-state index in [-0.39, 0.29) is 17.2 Å². The summed E-state index contributed by atoms with van der Waals surface area (Å²) in [5, 5.41) is 3.48. The van der Waals surface area contributed by atoms with Crippen molar-refractivity contribution in [1.82, 2.24) is 10.2 Å². The third-order valence-corrected chi connectivity index (χ3v) is 5.34. The van der Waals surface area contributed by atoms with Gasteiger partial charge in [-0.25, -0.2) is 0 Å². The summed E-state index contributed by atoms with van der Waals surface area (Å²) in [7, 11) is 0. The summed E-state index contributed by atoms with van der Waals surface area (Å²) in [6, 6.07) is -0.393. The second kappa shape index (κ2) is 3.88. The maximum atomic E-state index is 12.5. The number of carbonyl (C=O) groups is 2. The number of fused-ring (bicyclic) bond motifs is 1.